The van der Waals surface area contributed by atoms with Gasteiger partial charge in [-0.15, -0.1) is 0 Å². The number of fused-ring (bicyclic) bond motifs is 1. The summed E-state index contributed by atoms with van der Waals surface area (Å²) in [4.78, 5) is 19.3. The predicted molar refractivity (Wildman–Crippen MR) is 97.0 cm³/mol. The van der Waals surface area contributed by atoms with Crippen molar-refractivity contribution in [2.45, 2.75) is 31.2 Å². The van der Waals surface area contributed by atoms with Crippen molar-refractivity contribution in [2.24, 2.45) is 5.14 Å². The smallest absolute Gasteiger partial charge is 0.241 e. The van der Waals surface area contributed by atoms with Crippen LogP contribution in [0.15, 0.2) is 23.1 Å². The van der Waals surface area contributed by atoms with Gasteiger partial charge in [0.2, 0.25) is 15.9 Å². The van der Waals surface area contributed by atoms with E-state index in [9.17, 15) is 13.2 Å². The summed E-state index contributed by atoms with van der Waals surface area (Å²) in [5.41, 5.74) is 1.67. The molecule has 138 valence electrons. The lowest BCUT2D eigenvalue weighted by molar-refractivity contribution is -0.120. The van der Waals surface area contributed by atoms with Crippen molar-refractivity contribution in [1.82, 2.24) is 9.80 Å². The van der Waals surface area contributed by atoms with Gasteiger partial charge in [-0.2, -0.15) is 0 Å². The number of amides is 1. The molecular weight excluding hydrogens is 340 g/mol. The molecule has 0 aliphatic carbocycles. The number of carbonyl (C=O) groups excluding carboxylic acids is 1. The van der Waals surface area contributed by atoms with E-state index in [0.29, 0.717) is 13.0 Å². The van der Waals surface area contributed by atoms with Crippen LogP contribution in [-0.4, -0.2) is 69.4 Å². The summed E-state index contributed by atoms with van der Waals surface area (Å²) < 4.78 is 23.1. The van der Waals surface area contributed by atoms with Crippen molar-refractivity contribution in [1.29, 1.82) is 0 Å². The molecule has 3 rings (SSSR count). The highest BCUT2D eigenvalue weighted by Crippen LogP contribution is 2.33. The Morgan fingerprint density at radius 1 is 1.20 bits per heavy atom. The van der Waals surface area contributed by atoms with E-state index in [2.05, 4.69) is 16.7 Å². The number of likely N-dealkylation sites (N-methyl/N-ethyl adjacent to an activating group) is 1. The van der Waals surface area contributed by atoms with E-state index in [1.165, 1.54) is 6.07 Å². The molecule has 0 bridgehead atoms. The summed E-state index contributed by atoms with van der Waals surface area (Å²) in [6, 6.07) is 4.79. The summed E-state index contributed by atoms with van der Waals surface area (Å²) in [6.45, 7) is 9.38. The molecule has 0 saturated carbocycles. The number of hydrogen-bond donors (Lipinski definition) is 1. The van der Waals surface area contributed by atoms with Crippen molar-refractivity contribution in [2.75, 3.05) is 44.2 Å². The van der Waals surface area contributed by atoms with Gasteiger partial charge in [-0.3, -0.25) is 9.69 Å². The Hall–Kier alpha value is -1.48. The van der Waals surface area contributed by atoms with Crippen LogP contribution < -0.4 is 10.0 Å². The Kier molecular flexibility index (Phi) is 5.15. The molecule has 1 fully saturated rings. The second-order valence-corrected chi connectivity index (χ2v) is 8.42. The number of primary sulfonamides is 1. The largest absolute Gasteiger partial charge is 0.308 e. The first kappa shape index (κ1) is 18.3. The maximum atomic E-state index is 12.8. The molecule has 0 aromatic heterocycles. The number of carbonyl (C=O) groups is 1. The van der Waals surface area contributed by atoms with Gasteiger partial charge in [0, 0.05) is 37.9 Å². The maximum absolute atomic E-state index is 12.8. The zero-order valence-corrected chi connectivity index (χ0v) is 15.6. The van der Waals surface area contributed by atoms with Gasteiger partial charge in [0.05, 0.1) is 11.4 Å². The first-order valence-electron chi connectivity index (χ1n) is 8.72. The molecule has 1 atom stereocenters. The average Bonchev–Trinajstić information content (AvgIpc) is 2.89. The molecule has 8 heteroatoms. The van der Waals surface area contributed by atoms with E-state index in [4.69, 9.17) is 5.14 Å². The van der Waals surface area contributed by atoms with Crippen LogP contribution in [0.5, 0.6) is 0 Å². The zero-order valence-electron chi connectivity index (χ0n) is 14.8. The fourth-order valence-corrected chi connectivity index (χ4v) is 4.26. The van der Waals surface area contributed by atoms with Gasteiger partial charge in [0.15, 0.2) is 0 Å². The Labute approximate surface area is 149 Å². The van der Waals surface area contributed by atoms with Crippen LogP contribution in [0.3, 0.4) is 0 Å². The van der Waals surface area contributed by atoms with Gasteiger partial charge in [0.25, 0.3) is 0 Å². The molecule has 2 N–H and O–H groups in total. The third-order valence-corrected chi connectivity index (χ3v) is 6.05. The van der Waals surface area contributed by atoms with Crippen LogP contribution in [0.1, 0.15) is 19.4 Å². The Morgan fingerprint density at radius 3 is 2.44 bits per heavy atom. The fraction of sp³-hybridized carbons (Fsp3) is 0.588. The molecule has 2 aliphatic heterocycles. The summed E-state index contributed by atoms with van der Waals surface area (Å²) in [6.07, 6.45) is 0.647. The second kappa shape index (κ2) is 7.03. The lowest BCUT2D eigenvalue weighted by Gasteiger charge is -2.35. The number of benzene rings is 1. The van der Waals surface area contributed by atoms with Crippen molar-refractivity contribution in [3.8, 4) is 0 Å². The molecule has 1 unspecified atom stereocenters. The number of sulfonamides is 1. The lowest BCUT2D eigenvalue weighted by Crippen LogP contribution is -2.50. The van der Waals surface area contributed by atoms with Gasteiger partial charge in [0.1, 0.15) is 0 Å². The van der Waals surface area contributed by atoms with Crippen LogP contribution in [0.25, 0.3) is 0 Å². The minimum atomic E-state index is -3.73. The summed E-state index contributed by atoms with van der Waals surface area (Å²) in [5.74, 6) is 0.0690. The quantitative estimate of drug-likeness (QED) is 0.825. The Balaban J connectivity index is 1.72. The van der Waals surface area contributed by atoms with Crippen molar-refractivity contribution in [3.63, 3.8) is 0 Å². The van der Waals surface area contributed by atoms with E-state index in [0.717, 1.165) is 44.0 Å². The van der Waals surface area contributed by atoms with Gasteiger partial charge in [-0.05, 0) is 43.7 Å². The van der Waals surface area contributed by atoms with Gasteiger partial charge in [-0.25, -0.2) is 13.6 Å². The van der Waals surface area contributed by atoms with Crippen LogP contribution in [0, 0.1) is 0 Å². The number of nitrogens with two attached hydrogens (primary N) is 1. The first-order chi connectivity index (χ1) is 11.8. The minimum absolute atomic E-state index is 0.0233. The van der Waals surface area contributed by atoms with E-state index in [1.54, 1.807) is 17.0 Å². The third kappa shape index (κ3) is 3.87. The molecule has 0 spiro atoms. The standard InChI is InChI=1S/C17H26N4O3S/c1-3-19-6-8-20(9-7-19)12-17(22)21-13(2)10-14-11-15(25(18,23)24)4-5-16(14)21/h4-5,11,13H,3,6-10,12H2,1-2H3,(H2,18,23,24). The lowest BCUT2D eigenvalue weighted by atomic mass is 10.1. The van der Waals surface area contributed by atoms with Crippen LogP contribution in [-0.2, 0) is 21.2 Å². The number of rotatable bonds is 4. The Morgan fingerprint density at radius 2 is 1.84 bits per heavy atom. The molecule has 1 saturated heterocycles. The van der Waals surface area contributed by atoms with Crippen LogP contribution >= 0.6 is 0 Å². The zero-order chi connectivity index (χ0) is 18.2. The van der Waals surface area contributed by atoms with E-state index >= 15 is 0 Å². The number of anilines is 1. The molecule has 0 radical (unpaired) electrons. The Bertz CT molecular complexity index is 757. The molecule has 1 aromatic rings. The maximum Gasteiger partial charge on any atom is 0.241 e. The van der Waals surface area contributed by atoms with Gasteiger partial charge >= 0.3 is 0 Å². The number of nitrogens with zero attached hydrogens (tertiary/aromatic N) is 3. The predicted octanol–water partition coefficient (Wildman–Crippen LogP) is 0.249. The van der Waals surface area contributed by atoms with Crippen LogP contribution in [0.2, 0.25) is 0 Å². The third-order valence-electron chi connectivity index (χ3n) is 5.13. The van der Waals surface area contributed by atoms with E-state index < -0.39 is 10.0 Å². The topological polar surface area (TPSA) is 86.9 Å². The molecule has 2 aliphatic rings. The van der Waals surface area contributed by atoms with Crippen molar-refractivity contribution in [3.05, 3.63) is 23.8 Å². The van der Waals surface area contributed by atoms with Crippen molar-refractivity contribution >= 4 is 21.6 Å². The average molecular weight is 366 g/mol. The highest BCUT2D eigenvalue weighted by molar-refractivity contribution is 7.89. The molecule has 7 nitrogen and oxygen atoms in total. The molecule has 2 heterocycles. The molecular formula is C17H26N4O3S. The highest BCUT2D eigenvalue weighted by Gasteiger charge is 2.32. The summed E-state index contributed by atoms with van der Waals surface area (Å²) in [7, 11) is -3.73. The normalized spacial score (nSPS) is 22.2. The van der Waals surface area contributed by atoms with Gasteiger partial charge in [-0.1, -0.05) is 6.92 Å². The van der Waals surface area contributed by atoms with E-state index in [1.807, 2.05) is 6.92 Å². The number of hydrogen-bond acceptors (Lipinski definition) is 5. The van der Waals surface area contributed by atoms with Crippen LogP contribution in [0.4, 0.5) is 5.69 Å². The van der Waals surface area contributed by atoms with E-state index in [-0.39, 0.29) is 16.8 Å². The minimum Gasteiger partial charge on any atom is -0.308 e. The van der Waals surface area contributed by atoms with Crippen molar-refractivity contribution < 1.29 is 13.2 Å². The second-order valence-electron chi connectivity index (χ2n) is 6.86. The fourth-order valence-electron chi connectivity index (χ4n) is 3.70. The first-order valence-corrected chi connectivity index (χ1v) is 10.3. The molecule has 25 heavy (non-hydrogen) atoms. The summed E-state index contributed by atoms with van der Waals surface area (Å²) in [5, 5.41) is 5.21. The van der Waals surface area contributed by atoms with Gasteiger partial charge < -0.3 is 9.80 Å². The molecule has 1 aromatic carbocycles. The number of piperazine rings is 1. The molecule has 1 amide bonds. The SMILES string of the molecule is CCN1CCN(CC(=O)N2c3ccc(S(N)(=O)=O)cc3CC2C)CC1. The highest BCUT2D eigenvalue weighted by atomic mass is 32.2. The summed E-state index contributed by atoms with van der Waals surface area (Å²) >= 11 is 0. The monoisotopic (exact) mass is 366 g/mol.